The molecule has 1 fully saturated rings. The normalized spacial score (nSPS) is 30.1. The van der Waals surface area contributed by atoms with Crippen molar-refractivity contribution in [3.63, 3.8) is 0 Å². The summed E-state index contributed by atoms with van der Waals surface area (Å²) in [6, 6.07) is 7.47. The summed E-state index contributed by atoms with van der Waals surface area (Å²) in [5.41, 5.74) is 6.74. The van der Waals surface area contributed by atoms with Crippen LogP contribution in [0, 0.1) is 11.3 Å². The predicted octanol–water partition coefficient (Wildman–Crippen LogP) is 3.53. The number of rotatable bonds is 3. The maximum atomic E-state index is 10.6. The van der Waals surface area contributed by atoms with E-state index < -0.39 is 6.10 Å². The van der Waals surface area contributed by atoms with Crippen LogP contribution in [-0.4, -0.2) is 11.7 Å². The highest BCUT2D eigenvalue weighted by Crippen LogP contribution is 2.46. The number of hydrogen-bond donors (Lipinski definition) is 2. The zero-order valence-corrected chi connectivity index (χ0v) is 11.7. The molecule has 3 N–H and O–H groups in total. The molecule has 18 heavy (non-hydrogen) atoms. The van der Waals surface area contributed by atoms with Crippen LogP contribution in [0.2, 0.25) is 5.02 Å². The third kappa shape index (κ3) is 2.71. The van der Waals surface area contributed by atoms with Crippen molar-refractivity contribution < 1.29 is 5.11 Å². The topological polar surface area (TPSA) is 46.2 Å². The van der Waals surface area contributed by atoms with Gasteiger partial charge in [-0.05, 0) is 36.5 Å². The van der Waals surface area contributed by atoms with Gasteiger partial charge in [0.25, 0.3) is 0 Å². The predicted molar refractivity (Wildman–Crippen MR) is 75.5 cm³/mol. The molecule has 1 aliphatic rings. The highest BCUT2D eigenvalue weighted by Gasteiger charge is 2.40. The Balaban J connectivity index is 2.19. The molecular weight excluding hydrogens is 246 g/mol. The molecule has 1 saturated carbocycles. The molecule has 2 rings (SSSR count). The third-order valence-corrected chi connectivity index (χ3v) is 4.69. The standard InChI is InChI=1S/C15H22ClNO/c1-11-6-8-15(10-17,9-7-11)14(18)12-2-4-13(16)5-3-12/h2-5,11,14,18H,6-10,17H2,1H3. The first-order chi connectivity index (χ1) is 8.57. The smallest absolute Gasteiger partial charge is 0.0858 e. The molecule has 0 aliphatic heterocycles. The van der Waals surface area contributed by atoms with Crippen LogP contribution >= 0.6 is 11.6 Å². The second-order valence-electron chi connectivity index (χ2n) is 5.70. The molecular formula is C15H22ClNO. The molecule has 1 aliphatic carbocycles. The molecule has 100 valence electrons. The van der Waals surface area contributed by atoms with Crippen LogP contribution in [0.1, 0.15) is 44.3 Å². The van der Waals surface area contributed by atoms with Crippen molar-refractivity contribution >= 4 is 11.6 Å². The Morgan fingerprint density at radius 1 is 1.33 bits per heavy atom. The van der Waals surface area contributed by atoms with Crippen molar-refractivity contribution in [2.75, 3.05) is 6.54 Å². The zero-order valence-electron chi connectivity index (χ0n) is 10.9. The number of halogens is 1. The quantitative estimate of drug-likeness (QED) is 0.880. The molecule has 0 bridgehead atoms. The number of benzene rings is 1. The Labute approximate surface area is 114 Å². The van der Waals surface area contributed by atoms with Crippen molar-refractivity contribution in [1.82, 2.24) is 0 Å². The van der Waals surface area contributed by atoms with E-state index in [4.69, 9.17) is 17.3 Å². The first kappa shape index (κ1) is 13.9. The zero-order chi connectivity index (χ0) is 13.2. The number of hydrogen-bond acceptors (Lipinski definition) is 2. The SMILES string of the molecule is CC1CCC(CN)(C(O)c2ccc(Cl)cc2)CC1. The van der Waals surface area contributed by atoms with Crippen LogP contribution in [0.25, 0.3) is 0 Å². The molecule has 1 aromatic carbocycles. The summed E-state index contributed by atoms with van der Waals surface area (Å²) in [5, 5.41) is 11.3. The first-order valence-electron chi connectivity index (χ1n) is 6.71. The summed E-state index contributed by atoms with van der Waals surface area (Å²) in [6.07, 6.45) is 3.85. The van der Waals surface area contributed by atoms with Gasteiger partial charge in [0.1, 0.15) is 0 Å². The van der Waals surface area contributed by atoms with Crippen LogP contribution < -0.4 is 5.73 Å². The number of nitrogens with two attached hydrogens (primary N) is 1. The van der Waals surface area contributed by atoms with Gasteiger partial charge in [-0.2, -0.15) is 0 Å². The Bertz CT molecular complexity index is 382. The monoisotopic (exact) mass is 267 g/mol. The van der Waals surface area contributed by atoms with Crippen LogP contribution in [0.3, 0.4) is 0 Å². The second-order valence-corrected chi connectivity index (χ2v) is 6.14. The largest absolute Gasteiger partial charge is 0.388 e. The molecule has 0 heterocycles. The third-order valence-electron chi connectivity index (χ3n) is 4.44. The molecule has 2 nitrogen and oxygen atoms in total. The van der Waals surface area contributed by atoms with E-state index in [1.54, 1.807) is 0 Å². The van der Waals surface area contributed by atoms with E-state index in [2.05, 4.69) is 6.92 Å². The Kier molecular flexibility index (Phi) is 4.31. The Morgan fingerprint density at radius 2 is 1.89 bits per heavy atom. The minimum Gasteiger partial charge on any atom is -0.388 e. The van der Waals surface area contributed by atoms with Gasteiger partial charge in [0, 0.05) is 17.0 Å². The summed E-state index contributed by atoms with van der Waals surface area (Å²) in [6.45, 7) is 2.82. The lowest BCUT2D eigenvalue weighted by Gasteiger charge is -2.42. The maximum absolute atomic E-state index is 10.6. The van der Waals surface area contributed by atoms with Gasteiger partial charge in [0.05, 0.1) is 6.10 Å². The van der Waals surface area contributed by atoms with Gasteiger partial charge in [-0.3, -0.25) is 0 Å². The average Bonchev–Trinajstić information content (AvgIpc) is 2.40. The van der Waals surface area contributed by atoms with Gasteiger partial charge in [-0.1, -0.05) is 43.5 Å². The molecule has 1 aromatic rings. The van der Waals surface area contributed by atoms with Crippen LogP contribution in [-0.2, 0) is 0 Å². The van der Waals surface area contributed by atoms with E-state index in [-0.39, 0.29) is 5.41 Å². The van der Waals surface area contributed by atoms with Gasteiger partial charge in [-0.15, -0.1) is 0 Å². The van der Waals surface area contributed by atoms with E-state index in [1.807, 2.05) is 24.3 Å². The Morgan fingerprint density at radius 3 is 2.39 bits per heavy atom. The molecule has 0 amide bonds. The highest BCUT2D eigenvalue weighted by atomic mass is 35.5. The molecule has 3 heteroatoms. The van der Waals surface area contributed by atoms with Gasteiger partial charge in [-0.25, -0.2) is 0 Å². The van der Waals surface area contributed by atoms with E-state index in [9.17, 15) is 5.11 Å². The molecule has 0 saturated heterocycles. The molecule has 1 atom stereocenters. The van der Waals surface area contributed by atoms with Crippen LogP contribution in [0.4, 0.5) is 0 Å². The van der Waals surface area contributed by atoms with Gasteiger partial charge in [0.15, 0.2) is 0 Å². The summed E-state index contributed by atoms with van der Waals surface area (Å²) < 4.78 is 0. The van der Waals surface area contributed by atoms with Crippen LogP contribution in [0.15, 0.2) is 24.3 Å². The van der Waals surface area contributed by atoms with E-state index >= 15 is 0 Å². The first-order valence-corrected chi connectivity index (χ1v) is 7.09. The fourth-order valence-electron chi connectivity index (χ4n) is 2.92. The lowest BCUT2D eigenvalue weighted by Crippen LogP contribution is -2.39. The number of aliphatic hydroxyl groups is 1. The summed E-state index contributed by atoms with van der Waals surface area (Å²) in [4.78, 5) is 0. The van der Waals surface area contributed by atoms with E-state index in [1.165, 1.54) is 0 Å². The van der Waals surface area contributed by atoms with Crippen molar-refractivity contribution in [2.45, 2.75) is 38.7 Å². The maximum Gasteiger partial charge on any atom is 0.0858 e. The average molecular weight is 268 g/mol. The van der Waals surface area contributed by atoms with Crippen molar-refractivity contribution in [2.24, 2.45) is 17.1 Å². The van der Waals surface area contributed by atoms with E-state index in [0.29, 0.717) is 11.6 Å². The Hall–Kier alpha value is -0.570. The summed E-state index contributed by atoms with van der Waals surface area (Å²) in [7, 11) is 0. The number of aliphatic hydroxyl groups excluding tert-OH is 1. The second kappa shape index (κ2) is 5.60. The fraction of sp³-hybridized carbons (Fsp3) is 0.600. The fourth-order valence-corrected chi connectivity index (χ4v) is 3.05. The van der Waals surface area contributed by atoms with Gasteiger partial charge >= 0.3 is 0 Å². The van der Waals surface area contributed by atoms with Gasteiger partial charge in [0.2, 0.25) is 0 Å². The molecule has 0 aromatic heterocycles. The minimum atomic E-state index is -0.479. The van der Waals surface area contributed by atoms with Crippen molar-refractivity contribution in [3.05, 3.63) is 34.9 Å². The van der Waals surface area contributed by atoms with Crippen LogP contribution in [0.5, 0.6) is 0 Å². The minimum absolute atomic E-state index is 0.152. The van der Waals surface area contributed by atoms with Gasteiger partial charge < -0.3 is 10.8 Å². The van der Waals surface area contributed by atoms with E-state index in [0.717, 1.165) is 37.2 Å². The molecule has 0 spiro atoms. The lowest BCUT2D eigenvalue weighted by molar-refractivity contribution is -0.00818. The van der Waals surface area contributed by atoms with Crippen molar-refractivity contribution in [3.8, 4) is 0 Å². The van der Waals surface area contributed by atoms with Crippen molar-refractivity contribution in [1.29, 1.82) is 0 Å². The summed E-state index contributed by atoms with van der Waals surface area (Å²) >= 11 is 5.88. The lowest BCUT2D eigenvalue weighted by atomic mass is 9.66. The molecule has 0 radical (unpaired) electrons. The highest BCUT2D eigenvalue weighted by molar-refractivity contribution is 6.30. The summed E-state index contributed by atoms with van der Waals surface area (Å²) in [5.74, 6) is 0.752. The molecule has 1 unspecified atom stereocenters.